The lowest BCUT2D eigenvalue weighted by Gasteiger charge is -2.08. The van der Waals surface area contributed by atoms with Crippen LogP contribution in [0.3, 0.4) is 0 Å². The summed E-state index contributed by atoms with van der Waals surface area (Å²) in [6, 6.07) is 1.63. The molecule has 0 saturated heterocycles. The molecule has 2 N–H and O–H groups in total. The van der Waals surface area contributed by atoms with Gasteiger partial charge in [-0.3, -0.25) is 4.68 Å². The van der Waals surface area contributed by atoms with E-state index >= 15 is 0 Å². The summed E-state index contributed by atoms with van der Waals surface area (Å²) in [6.07, 6.45) is 1.54. The van der Waals surface area contributed by atoms with Crippen molar-refractivity contribution >= 4 is 10.0 Å². The zero-order valence-corrected chi connectivity index (χ0v) is 7.75. The van der Waals surface area contributed by atoms with Crippen LogP contribution in [-0.2, 0) is 17.1 Å². The molecule has 1 atom stereocenters. The van der Waals surface area contributed by atoms with Crippen LogP contribution in [0.25, 0.3) is 0 Å². The van der Waals surface area contributed by atoms with Gasteiger partial charge in [0.1, 0.15) is 5.25 Å². The Kier molecular flexibility index (Phi) is 2.20. The minimum Gasteiger partial charge on any atom is -0.271 e. The lowest BCUT2D eigenvalue weighted by Crippen LogP contribution is -2.21. The summed E-state index contributed by atoms with van der Waals surface area (Å²) in [5.41, 5.74) is 0.595. The summed E-state index contributed by atoms with van der Waals surface area (Å²) in [5, 5.41) is 8.11. The normalized spacial score (nSPS) is 14.6. The maximum absolute atomic E-state index is 10.9. The van der Waals surface area contributed by atoms with Crippen LogP contribution in [0, 0.1) is 0 Å². The van der Waals surface area contributed by atoms with Gasteiger partial charge in [0.2, 0.25) is 10.0 Å². The third-order valence-electron chi connectivity index (χ3n) is 1.77. The van der Waals surface area contributed by atoms with Gasteiger partial charge >= 0.3 is 0 Å². The molecule has 68 valence electrons. The molecule has 0 radical (unpaired) electrons. The monoisotopic (exact) mass is 189 g/mol. The van der Waals surface area contributed by atoms with E-state index in [1.165, 1.54) is 17.8 Å². The number of primary sulfonamides is 1. The molecule has 1 aromatic rings. The molecule has 0 aliphatic carbocycles. The smallest absolute Gasteiger partial charge is 0.217 e. The zero-order chi connectivity index (χ0) is 9.35. The number of hydrogen-bond acceptors (Lipinski definition) is 3. The van der Waals surface area contributed by atoms with Gasteiger partial charge in [-0.1, -0.05) is 0 Å². The van der Waals surface area contributed by atoms with E-state index in [9.17, 15) is 8.42 Å². The summed E-state index contributed by atoms with van der Waals surface area (Å²) < 4.78 is 23.3. The minimum absolute atomic E-state index is 0.595. The molecule has 0 aliphatic heterocycles. The standard InChI is InChI=1S/C6H11N3O2S/c1-5(12(7,10)11)6-3-4-8-9(6)2/h3-5H,1-2H3,(H2,7,10,11). The molecule has 0 fully saturated rings. The van der Waals surface area contributed by atoms with Crippen molar-refractivity contribution in [3.05, 3.63) is 18.0 Å². The Balaban J connectivity index is 3.09. The maximum Gasteiger partial charge on any atom is 0.217 e. The predicted molar refractivity (Wildman–Crippen MR) is 44.7 cm³/mol. The predicted octanol–water partition coefficient (Wildman–Crippen LogP) is -0.230. The van der Waals surface area contributed by atoms with Crippen LogP contribution in [0.4, 0.5) is 0 Å². The van der Waals surface area contributed by atoms with E-state index in [1.54, 1.807) is 13.1 Å². The van der Waals surface area contributed by atoms with E-state index in [2.05, 4.69) is 5.10 Å². The first-order valence-electron chi connectivity index (χ1n) is 3.42. The molecule has 0 aromatic carbocycles. The second-order valence-electron chi connectivity index (χ2n) is 2.61. The van der Waals surface area contributed by atoms with Crippen LogP contribution < -0.4 is 5.14 Å². The molecule has 0 saturated carbocycles. The first kappa shape index (κ1) is 9.21. The Labute approximate surface area is 71.2 Å². The highest BCUT2D eigenvalue weighted by Crippen LogP contribution is 2.17. The van der Waals surface area contributed by atoms with Gasteiger partial charge in [-0.2, -0.15) is 5.10 Å². The minimum atomic E-state index is -3.51. The van der Waals surface area contributed by atoms with E-state index in [0.717, 1.165) is 0 Å². The van der Waals surface area contributed by atoms with Gasteiger partial charge in [0.15, 0.2) is 0 Å². The van der Waals surface area contributed by atoms with Crippen LogP contribution >= 0.6 is 0 Å². The molecule has 0 amide bonds. The second-order valence-corrected chi connectivity index (χ2v) is 4.50. The molecular formula is C6H11N3O2S. The Bertz CT molecular complexity index is 368. The van der Waals surface area contributed by atoms with Gasteiger partial charge in [0.05, 0.1) is 5.69 Å². The number of nitrogens with zero attached hydrogens (tertiary/aromatic N) is 2. The van der Waals surface area contributed by atoms with E-state index in [0.29, 0.717) is 5.69 Å². The summed E-state index contributed by atoms with van der Waals surface area (Å²) in [4.78, 5) is 0. The molecule has 1 rings (SSSR count). The highest BCUT2D eigenvalue weighted by molar-refractivity contribution is 7.89. The number of aromatic nitrogens is 2. The van der Waals surface area contributed by atoms with Gasteiger partial charge in [0, 0.05) is 13.2 Å². The van der Waals surface area contributed by atoms with E-state index in [4.69, 9.17) is 5.14 Å². The van der Waals surface area contributed by atoms with Crippen molar-refractivity contribution in [2.24, 2.45) is 12.2 Å². The molecule has 1 heterocycles. The molecule has 12 heavy (non-hydrogen) atoms. The molecule has 0 aliphatic rings. The average Bonchev–Trinajstić information content (AvgIpc) is 2.31. The maximum atomic E-state index is 10.9. The number of sulfonamides is 1. The molecule has 6 heteroatoms. The van der Waals surface area contributed by atoms with Crippen molar-refractivity contribution in [1.29, 1.82) is 0 Å². The van der Waals surface area contributed by atoms with E-state index in [-0.39, 0.29) is 0 Å². The fourth-order valence-electron chi connectivity index (χ4n) is 0.951. The van der Waals surface area contributed by atoms with Crippen molar-refractivity contribution in [2.45, 2.75) is 12.2 Å². The fourth-order valence-corrected chi connectivity index (χ4v) is 1.52. The molecule has 0 bridgehead atoms. The van der Waals surface area contributed by atoms with Gasteiger partial charge in [0.25, 0.3) is 0 Å². The van der Waals surface area contributed by atoms with Crippen molar-refractivity contribution < 1.29 is 8.42 Å². The fraction of sp³-hybridized carbons (Fsp3) is 0.500. The summed E-state index contributed by atoms with van der Waals surface area (Å²) in [6.45, 7) is 1.53. The van der Waals surface area contributed by atoms with Crippen LogP contribution in [0.15, 0.2) is 12.3 Å². The van der Waals surface area contributed by atoms with Gasteiger partial charge in [-0.25, -0.2) is 13.6 Å². The largest absolute Gasteiger partial charge is 0.271 e. The van der Waals surface area contributed by atoms with E-state index < -0.39 is 15.3 Å². The quantitative estimate of drug-likeness (QED) is 0.698. The Hall–Kier alpha value is -0.880. The zero-order valence-electron chi connectivity index (χ0n) is 6.93. The topological polar surface area (TPSA) is 78.0 Å². The lowest BCUT2D eigenvalue weighted by atomic mass is 10.3. The van der Waals surface area contributed by atoms with Crippen molar-refractivity contribution in [3.8, 4) is 0 Å². The van der Waals surface area contributed by atoms with Gasteiger partial charge < -0.3 is 0 Å². The summed E-state index contributed by atoms with van der Waals surface area (Å²) >= 11 is 0. The van der Waals surface area contributed by atoms with Crippen molar-refractivity contribution in [3.63, 3.8) is 0 Å². The third-order valence-corrected chi connectivity index (χ3v) is 3.00. The number of hydrogen-bond donors (Lipinski definition) is 1. The number of rotatable bonds is 2. The van der Waals surface area contributed by atoms with Crippen LogP contribution in [0.5, 0.6) is 0 Å². The first-order chi connectivity index (χ1) is 5.43. The highest BCUT2D eigenvalue weighted by Gasteiger charge is 2.20. The number of nitrogens with two attached hydrogens (primary N) is 1. The highest BCUT2D eigenvalue weighted by atomic mass is 32.2. The van der Waals surface area contributed by atoms with Crippen LogP contribution in [0.1, 0.15) is 17.9 Å². The van der Waals surface area contributed by atoms with Crippen molar-refractivity contribution in [2.75, 3.05) is 0 Å². The average molecular weight is 189 g/mol. The van der Waals surface area contributed by atoms with Crippen LogP contribution in [-0.4, -0.2) is 18.2 Å². The lowest BCUT2D eigenvalue weighted by molar-refractivity contribution is 0.581. The Morgan fingerprint density at radius 3 is 2.58 bits per heavy atom. The van der Waals surface area contributed by atoms with Crippen LogP contribution in [0.2, 0.25) is 0 Å². The third kappa shape index (κ3) is 1.64. The number of aryl methyl sites for hydroxylation is 1. The Morgan fingerprint density at radius 2 is 2.25 bits per heavy atom. The molecule has 0 spiro atoms. The molecule has 5 nitrogen and oxygen atoms in total. The summed E-state index contributed by atoms with van der Waals surface area (Å²) in [5.74, 6) is 0. The van der Waals surface area contributed by atoms with Gasteiger partial charge in [-0.05, 0) is 13.0 Å². The Morgan fingerprint density at radius 1 is 1.67 bits per heavy atom. The van der Waals surface area contributed by atoms with Crippen molar-refractivity contribution in [1.82, 2.24) is 9.78 Å². The molecule has 1 unspecified atom stereocenters. The second kappa shape index (κ2) is 2.87. The molecule has 1 aromatic heterocycles. The van der Waals surface area contributed by atoms with Gasteiger partial charge in [-0.15, -0.1) is 0 Å². The first-order valence-corrected chi connectivity index (χ1v) is 5.03. The SMILES string of the molecule is CC(c1ccnn1C)S(N)(=O)=O. The summed E-state index contributed by atoms with van der Waals surface area (Å²) in [7, 11) is -1.83. The van der Waals surface area contributed by atoms with E-state index in [1.807, 2.05) is 0 Å². The molecular weight excluding hydrogens is 178 g/mol.